The maximum Gasteiger partial charge on any atom is 0.416 e. The van der Waals surface area contributed by atoms with Crippen LogP contribution in [0, 0.1) is 5.92 Å². The van der Waals surface area contributed by atoms with E-state index >= 15 is 0 Å². The largest absolute Gasteiger partial charge is 0.416 e. The molecule has 2 nitrogen and oxygen atoms in total. The molecule has 0 aliphatic carbocycles. The Morgan fingerprint density at radius 2 is 1.85 bits per heavy atom. The Bertz CT molecular complexity index is 134. The van der Waals surface area contributed by atoms with Crippen molar-refractivity contribution in [2.24, 2.45) is 5.92 Å². The van der Waals surface area contributed by atoms with E-state index in [1.54, 1.807) is 0 Å². The lowest BCUT2D eigenvalue weighted by Gasteiger charge is -2.14. The molecule has 0 spiro atoms. The Morgan fingerprint density at radius 1 is 1.31 bits per heavy atom. The van der Waals surface area contributed by atoms with Crippen LogP contribution in [0.15, 0.2) is 0 Å². The first-order valence-corrected chi connectivity index (χ1v) is 4.16. The molecule has 0 aliphatic heterocycles. The first kappa shape index (κ1) is 12.7. The summed E-state index contributed by atoms with van der Waals surface area (Å²) in [5.74, 6) is 0.392. The fourth-order valence-electron chi connectivity index (χ4n) is 0.608. The van der Waals surface area contributed by atoms with Crippen LogP contribution < -0.4 is 0 Å². The van der Waals surface area contributed by atoms with E-state index in [9.17, 15) is 13.2 Å². The average molecular weight is 200 g/mol. The Kier molecular flexibility index (Phi) is 5.32. The van der Waals surface area contributed by atoms with Crippen molar-refractivity contribution in [3.8, 4) is 0 Å². The minimum Gasteiger partial charge on any atom is -0.382 e. The molecule has 0 radical (unpaired) electrons. The summed E-state index contributed by atoms with van der Waals surface area (Å²) in [6, 6.07) is 0. The van der Waals surface area contributed by atoms with Gasteiger partial charge in [0.15, 0.2) is 6.10 Å². The number of halogens is 3. The van der Waals surface area contributed by atoms with Crippen LogP contribution in [0.1, 0.15) is 20.3 Å². The van der Waals surface area contributed by atoms with Gasteiger partial charge in [-0.25, -0.2) is 0 Å². The van der Waals surface area contributed by atoms with Gasteiger partial charge in [0, 0.05) is 6.61 Å². The monoisotopic (exact) mass is 200 g/mol. The fraction of sp³-hybridized carbons (Fsp3) is 1.00. The third-order valence-electron chi connectivity index (χ3n) is 1.49. The zero-order valence-corrected chi connectivity index (χ0v) is 7.77. The van der Waals surface area contributed by atoms with Crippen molar-refractivity contribution >= 4 is 0 Å². The molecule has 1 unspecified atom stereocenters. The Labute approximate surface area is 75.7 Å². The van der Waals surface area contributed by atoms with Crippen LogP contribution in [-0.4, -0.2) is 30.6 Å². The number of ether oxygens (including phenoxy) is 1. The van der Waals surface area contributed by atoms with Gasteiger partial charge in [-0.05, 0) is 12.3 Å². The molecule has 0 saturated heterocycles. The van der Waals surface area contributed by atoms with Crippen LogP contribution in [0.3, 0.4) is 0 Å². The summed E-state index contributed by atoms with van der Waals surface area (Å²) in [7, 11) is 0. The molecule has 0 aromatic carbocycles. The summed E-state index contributed by atoms with van der Waals surface area (Å²) < 4.78 is 39.8. The van der Waals surface area contributed by atoms with Gasteiger partial charge in [0.05, 0.1) is 6.61 Å². The van der Waals surface area contributed by atoms with E-state index in [0.29, 0.717) is 12.3 Å². The second-order valence-corrected chi connectivity index (χ2v) is 3.31. The molecule has 1 N–H and O–H groups in total. The standard InChI is InChI=1S/C8H15F3O2/c1-6(2)3-4-13-5-7(12)8(9,10)11/h6-7,12H,3-5H2,1-2H3. The molecule has 0 aromatic heterocycles. The van der Waals surface area contributed by atoms with E-state index in [-0.39, 0.29) is 6.61 Å². The third-order valence-corrected chi connectivity index (χ3v) is 1.49. The second-order valence-electron chi connectivity index (χ2n) is 3.31. The first-order chi connectivity index (χ1) is 5.84. The lowest BCUT2D eigenvalue weighted by molar-refractivity contribution is -0.217. The first-order valence-electron chi connectivity index (χ1n) is 4.16. The molecule has 5 heteroatoms. The minimum atomic E-state index is -4.57. The van der Waals surface area contributed by atoms with Gasteiger partial charge in [0.25, 0.3) is 0 Å². The number of hydrogen-bond acceptors (Lipinski definition) is 2. The second kappa shape index (κ2) is 5.44. The molecule has 0 rings (SSSR count). The van der Waals surface area contributed by atoms with Crippen LogP contribution >= 0.6 is 0 Å². The Balaban J connectivity index is 3.43. The van der Waals surface area contributed by atoms with Crippen LogP contribution in [0.2, 0.25) is 0 Å². The van der Waals surface area contributed by atoms with E-state index in [1.807, 2.05) is 13.8 Å². The maximum atomic E-state index is 11.7. The van der Waals surface area contributed by atoms with E-state index in [4.69, 9.17) is 5.11 Å². The Hall–Kier alpha value is -0.290. The average Bonchev–Trinajstić information content (AvgIpc) is 1.95. The van der Waals surface area contributed by atoms with Gasteiger partial charge in [-0.2, -0.15) is 13.2 Å². The fourth-order valence-corrected chi connectivity index (χ4v) is 0.608. The van der Waals surface area contributed by atoms with Crippen molar-refractivity contribution in [1.29, 1.82) is 0 Å². The molecular formula is C8H15F3O2. The highest BCUT2D eigenvalue weighted by Crippen LogP contribution is 2.20. The van der Waals surface area contributed by atoms with Crippen molar-refractivity contribution in [2.45, 2.75) is 32.5 Å². The Morgan fingerprint density at radius 3 is 2.23 bits per heavy atom. The van der Waals surface area contributed by atoms with Crippen molar-refractivity contribution in [1.82, 2.24) is 0 Å². The van der Waals surface area contributed by atoms with Gasteiger partial charge in [-0.1, -0.05) is 13.8 Å². The van der Waals surface area contributed by atoms with Crippen molar-refractivity contribution in [3.63, 3.8) is 0 Å². The van der Waals surface area contributed by atoms with Gasteiger partial charge in [0.1, 0.15) is 0 Å². The number of aliphatic hydroxyl groups is 1. The van der Waals surface area contributed by atoms with Gasteiger partial charge < -0.3 is 9.84 Å². The lowest BCUT2D eigenvalue weighted by atomic mass is 10.1. The molecule has 0 amide bonds. The van der Waals surface area contributed by atoms with Crippen LogP contribution in [0.4, 0.5) is 13.2 Å². The third kappa shape index (κ3) is 6.83. The number of hydrogen-bond donors (Lipinski definition) is 1. The SMILES string of the molecule is CC(C)CCOCC(O)C(F)(F)F. The normalized spacial score (nSPS) is 15.0. The zero-order valence-electron chi connectivity index (χ0n) is 7.77. The number of alkyl halides is 3. The maximum absolute atomic E-state index is 11.7. The van der Waals surface area contributed by atoms with Crippen molar-refractivity contribution < 1.29 is 23.0 Å². The molecule has 0 aromatic rings. The van der Waals surface area contributed by atoms with Crippen LogP contribution in [0.5, 0.6) is 0 Å². The molecule has 13 heavy (non-hydrogen) atoms. The van der Waals surface area contributed by atoms with Crippen LogP contribution in [-0.2, 0) is 4.74 Å². The summed E-state index contributed by atoms with van der Waals surface area (Å²) >= 11 is 0. The zero-order chi connectivity index (χ0) is 10.5. The van der Waals surface area contributed by atoms with Gasteiger partial charge in [-0.15, -0.1) is 0 Å². The highest BCUT2D eigenvalue weighted by atomic mass is 19.4. The van der Waals surface area contributed by atoms with Gasteiger partial charge in [0.2, 0.25) is 0 Å². The van der Waals surface area contributed by atoms with Gasteiger partial charge in [-0.3, -0.25) is 0 Å². The van der Waals surface area contributed by atoms with E-state index in [2.05, 4.69) is 4.74 Å². The van der Waals surface area contributed by atoms with Crippen LogP contribution in [0.25, 0.3) is 0 Å². The van der Waals surface area contributed by atoms with Gasteiger partial charge >= 0.3 is 6.18 Å². The summed E-state index contributed by atoms with van der Waals surface area (Å²) in [4.78, 5) is 0. The molecule has 1 atom stereocenters. The molecule has 0 heterocycles. The highest BCUT2D eigenvalue weighted by Gasteiger charge is 2.38. The quantitative estimate of drug-likeness (QED) is 0.687. The minimum absolute atomic E-state index is 0.255. The summed E-state index contributed by atoms with van der Waals surface area (Å²) in [6.45, 7) is 3.48. The number of aliphatic hydroxyl groups excluding tert-OH is 1. The predicted octanol–water partition coefficient (Wildman–Crippen LogP) is 1.97. The molecule has 0 saturated carbocycles. The van der Waals surface area contributed by atoms with E-state index < -0.39 is 18.9 Å². The predicted molar refractivity (Wildman–Crippen MR) is 42.3 cm³/mol. The summed E-state index contributed by atoms with van der Waals surface area (Å²) in [5, 5.41) is 8.50. The topological polar surface area (TPSA) is 29.5 Å². The highest BCUT2D eigenvalue weighted by molar-refractivity contribution is 4.63. The lowest BCUT2D eigenvalue weighted by Crippen LogP contribution is -2.33. The summed E-state index contributed by atoms with van der Waals surface area (Å²) in [6.07, 6.45) is -6.23. The number of rotatable bonds is 5. The smallest absolute Gasteiger partial charge is 0.382 e. The molecule has 0 fully saturated rings. The van der Waals surface area contributed by atoms with Crippen molar-refractivity contribution in [2.75, 3.05) is 13.2 Å². The van der Waals surface area contributed by atoms with E-state index in [1.165, 1.54) is 0 Å². The molecule has 0 aliphatic rings. The molecule has 0 bridgehead atoms. The molecular weight excluding hydrogens is 185 g/mol. The van der Waals surface area contributed by atoms with Crippen molar-refractivity contribution in [3.05, 3.63) is 0 Å². The summed E-state index contributed by atoms with van der Waals surface area (Å²) in [5.41, 5.74) is 0. The van der Waals surface area contributed by atoms with E-state index in [0.717, 1.165) is 0 Å². The molecule has 80 valence electrons.